The lowest BCUT2D eigenvalue weighted by molar-refractivity contribution is 1.42. The molecule has 1 rings (SSSR count). The Kier molecular flexibility index (Phi) is 3.14. The van der Waals surface area contributed by atoms with Gasteiger partial charge in [0.2, 0.25) is 0 Å². The SMILES string of the molecule is C#Cc1cc(C#N)c(C#CC)cc1C#N. The number of terminal acetylenes is 1. The summed E-state index contributed by atoms with van der Waals surface area (Å²) in [7, 11) is 0. The summed E-state index contributed by atoms with van der Waals surface area (Å²) in [4.78, 5) is 0. The molecule has 0 aromatic heterocycles. The zero-order valence-corrected chi connectivity index (χ0v) is 8.13. The first-order chi connectivity index (χ1) is 7.26. The first kappa shape index (κ1) is 10.4. The van der Waals surface area contributed by atoms with Crippen LogP contribution in [0.2, 0.25) is 0 Å². The number of hydrogen-bond acceptors (Lipinski definition) is 2. The summed E-state index contributed by atoms with van der Waals surface area (Å²) in [6.07, 6.45) is 5.23. The zero-order chi connectivity index (χ0) is 11.3. The van der Waals surface area contributed by atoms with Crippen molar-refractivity contribution in [3.63, 3.8) is 0 Å². The highest BCUT2D eigenvalue weighted by atomic mass is 14.3. The molecule has 2 nitrogen and oxygen atoms in total. The van der Waals surface area contributed by atoms with Crippen molar-refractivity contribution < 1.29 is 0 Å². The lowest BCUT2D eigenvalue weighted by atomic mass is 10.00. The van der Waals surface area contributed by atoms with Crippen molar-refractivity contribution in [3.8, 4) is 36.3 Å². The van der Waals surface area contributed by atoms with Gasteiger partial charge in [0.05, 0.1) is 11.1 Å². The highest BCUT2D eigenvalue weighted by Crippen LogP contribution is 2.14. The second-order valence-corrected chi connectivity index (χ2v) is 2.69. The Bertz CT molecular complexity index is 578. The van der Waals surface area contributed by atoms with Crippen molar-refractivity contribution in [2.75, 3.05) is 0 Å². The van der Waals surface area contributed by atoms with E-state index in [1.165, 1.54) is 6.07 Å². The molecule has 0 fully saturated rings. The van der Waals surface area contributed by atoms with Crippen molar-refractivity contribution in [2.24, 2.45) is 0 Å². The molecule has 0 aliphatic heterocycles. The van der Waals surface area contributed by atoms with E-state index >= 15 is 0 Å². The Morgan fingerprint density at radius 1 is 1.00 bits per heavy atom. The monoisotopic (exact) mass is 190 g/mol. The quantitative estimate of drug-likeness (QED) is 0.585. The van der Waals surface area contributed by atoms with Crippen LogP contribution in [-0.4, -0.2) is 0 Å². The minimum atomic E-state index is 0.370. The highest BCUT2D eigenvalue weighted by Gasteiger charge is 2.06. The van der Waals surface area contributed by atoms with E-state index in [1.54, 1.807) is 13.0 Å². The van der Waals surface area contributed by atoms with Crippen LogP contribution >= 0.6 is 0 Å². The molecule has 0 N–H and O–H groups in total. The van der Waals surface area contributed by atoms with Crippen molar-refractivity contribution in [1.82, 2.24) is 0 Å². The molecule has 1 aromatic rings. The summed E-state index contributed by atoms with van der Waals surface area (Å²) in [6, 6.07) is 7.03. The molecule has 0 amide bonds. The standard InChI is InChI=1S/C13H6N2/c1-3-5-11-7-12(8-14)10(4-2)6-13(11)9-15/h2,6-7H,1H3. The average Bonchev–Trinajstić information content (AvgIpc) is 2.28. The molecule has 0 aliphatic rings. The summed E-state index contributed by atoms with van der Waals surface area (Å²) >= 11 is 0. The highest BCUT2D eigenvalue weighted by molar-refractivity contribution is 5.59. The van der Waals surface area contributed by atoms with E-state index in [9.17, 15) is 0 Å². The fraction of sp³-hybridized carbons (Fsp3) is 0.0769. The van der Waals surface area contributed by atoms with Gasteiger partial charge in [0.15, 0.2) is 0 Å². The molecule has 0 spiro atoms. The normalized spacial score (nSPS) is 7.60. The maximum absolute atomic E-state index is 8.86. The maximum atomic E-state index is 8.86. The average molecular weight is 190 g/mol. The van der Waals surface area contributed by atoms with Crippen LogP contribution in [0.5, 0.6) is 0 Å². The van der Waals surface area contributed by atoms with Crippen molar-refractivity contribution in [1.29, 1.82) is 10.5 Å². The van der Waals surface area contributed by atoms with E-state index in [1.807, 2.05) is 12.1 Å². The Morgan fingerprint density at radius 3 is 2.00 bits per heavy atom. The Hall–Kier alpha value is -2.68. The van der Waals surface area contributed by atoms with Crippen molar-refractivity contribution in [3.05, 3.63) is 34.4 Å². The Balaban J connectivity index is 3.58. The molecule has 0 saturated carbocycles. The third-order valence-electron chi connectivity index (χ3n) is 1.81. The summed E-state index contributed by atoms with van der Waals surface area (Å²) in [5, 5.41) is 17.7. The Morgan fingerprint density at radius 2 is 1.53 bits per heavy atom. The summed E-state index contributed by atoms with van der Waals surface area (Å²) in [5.41, 5.74) is 1.73. The van der Waals surface area contributed by atoms with E-state index in [0.717, 1.165) is 0 Å². The molecule has 15 heavy (non-hydrogen) atoms. The van der Waals surface area contributed by atoms with Gasteiger partial charge in [-0.3, -0.25) is 0 Å². The molecule has 0 atom stereocenters. The van der Waals surface area contributed by atoms with Crippen LogP contribution in [0, 0.1) is 46.8 Å². The molecule has 68 valence electrons. The molecule has 0 unspecified atom stereocenters. The first-order valence-corrected chi connectivity index (χ1v) is 4.14. The van der Waals surface area contributed by atoms with Crippen LogP contribution in [0.3, 0.4) is 0 Å². The molecule has 0 bridgehead atoms. The van der Waals surface area contributed by atoms with Gasteiger partial charge in [0, 0.05) is 11.1 Å². The van der Waals surface area contributed by atoms with Gasteiger partial charge in [-0.25, -0.2) is 0 Å². The van der Waals surface area contributed by atoms with Crippen molar-refractivity contribution >= 4 is 0 Å². The topological polar surface area (TPSA) is 47.6 Å². The third kappa shape index (κ3) is 1.97. The van der Waals surface area contributed by atoms with Gasteiger partial charge < -0.3 is 0 Å². The van der Waals surface area contributed by atoms with Crippen molar-refractivity contribution in [2.45, 2.75) is 6.92 Å². The molecule has 1 aromatic carbocycles. The van der Waals surface area contributed by atoms with E-state index in [2.05, 4.69) is 17.8 Å². The van der Waals surface area contributed by atoms with Gasteiger partial charge in [-0.1, -0.05) is 11.8 Å². The molecular weight excluding hydrogens is 184 g/mol. The molecule has 0 heterocycles. The molecule has 0 aliphatic carbocycles. The van der Waals surface area contributed by atoms with Crippen LogP contribution in [0.4, 0.5) is 0 Å². The predicted molar refractivity (Wildman–Crippen MR) is 56.4 cm³/mol. The van der Waals surface area contributed by atoms with Crippen LogP contribution in [0.25, 0.3) is 0 Å². The minimum Gasteiger partial charge on any atom is -0.192 e. The lowest BCUT2D eigenvalue weighted by Crippen LogP contribution is -1.91. The van der Waals surface area contributed by atoms with Crippen LogP contribution < -0.4 is 0 Å². The second kappa shape index (κ2) is 4.53. The fourth-order valence-corrected chi connectivity index (χ4v) is 1.14. The van der Waals surface area contributed by atoms with E-state index in [-0.39, 0.29) is 0 Å². The molecule has 2 heteroatoms. The third-order valence-corrected chi connectivity index (χ3v) is 1.81. The minimum absolute atomic E-state index is 0.370. The molecule has 0 saturated heterocycles. The summed E-state index contributed by atoms with van der Waals surface area (Å²) in [6.45, 7) is 1.67. The first-order valence-electron chi connectivity index (χ1n) is 4.14. The number of hydrogen-bond donors (Lipinski definition) is 0. The van der Waals surface area contributed by atoms with Gasteiger partial charge in [-0.2, -0.15) is 10.5 Å². The van der Waals surface area contributed by atoms with Gasteiger partial charge in [0.25, 0.3) is 0 Å². The summed E-state index contributed by atoms with van der Waals surface area (Å²) in [5.74, 6) is 7.81. The van der Waals surface area contributed by atoms with Gasteiger partial charge in [0.1, 0.15) is 12.1 Å². The molecular formula is C13H6N2. The van der Waals surface area contributed by atoms with Gasteiger partial charge in [-0.15, -0.1) is 12.3 Å². The van der Waals surface area contributed by atoms with Crippen LogP contribution in [0.1, 0.15) is 29.2 Å². The number of rotatable bonds is 0. The number of benzene rings is 1. The van der Waals surface area contributed by atoms with E-state index in [4.69, 9.17) is 16.9 Å². The Labute approximate surface area is 88.8 Å². The zero-order valence-electron chi connectivity index (χ0n) is 8.13. The van der Waals surface area contributed by atoms with E-state index < -0.39 is 0 Å². The van der Waals surface area contributed by atoms with Gasteiger partial charge in [-0.05, 0) is 19.1 Å². The fourth-order valence-electron chi connectivity index (χ4n) is 1.14. The van der Waals surface area contributed by atoms with Crippen LogP contribution in [0.15, 0.2) is 12.1 Å². The van der Waals surface area contributed by atoms with Crippen LogP contribution in [-0.2, 0) is 0 Å². The van der Waals surface area contributed by atoms with E-state index in [0.29, 0.717) is 22.3 Å². The smallest absolute Gasteiger partial charge is 0.100 e. The number of nitriles is 2. The lowest BCUT2D eigenvalue weighted by Gasteiger charge is -1.99. The predicted octanol–water partition coefficient (Wildman–Crippen LogP) is 1.78. The number of nitrogens with zero attached hydrogens (tertiary/aromatic N) is 2. The molecule has 0 radical (unpaired) electrons. The maximum Gasteiger partial charge on any atom is 0.100 e. The largest absolute Gasteiger partial charge is 0.192 e. The second-order valence-electron chi connectivity index (χ2n) is 2.69. The van der Waals surface area contributed by atoms with Gasteiger partial charge >= 0.3 is 0 Å². The summed E-state index contributed by atoms with van der Waals surface area (Å²) < 4.78 is 0.